The second kappa shape index (κ2) is 3.49. The number of nitrogens with one attached hydrogen (secondary N) is 1. The molecule has 1 aliphatic heterocycles. The van der Waals surface area contributed by atoms with Crippen molar-refractivity contribution < 1.29 is 0 Å². The van der Waals surface area contributed by atoms with Gasteiger partial charge in [-0.25, -0.2) is 0 Å². The van der Waals surface area contributed by atoms with E-state index < -0.39 is 5.79 Å². The molecular formula is C7H18N4. The molecule has 4 nitrogen and oxygen atoms in total. The van der Waals surface area contributed by atoms with Gasteiger partial charge in [-0.3, -0.25) is 16.4 Å². The van der Waals surface area contributed by atoms with Crippen molar-refractivity contribution in [3.8, 4) is 0 Å². The number of hydrogen-bond donors (Lipinski definition) is 3. The van der Waals surface area contributed by atoms with E-state index in [1.54, 1.807) is 0 Å². The molecule has 11 heavy (non-hydrogen) atoms. The van der Waals surface area contributed by atoms with Gasteiger partial charge in [0, 0.05) is 26.2 Å². The minimum atomic E-state index is -0.631. The van der Waals surface area contributed by atoms with Crippen molar-refractivity contribution in [2.45, 2.75) is 19.1 Å². The third-order valence-electron chi connectivity index (χ3n) is 2.05. The highest BCUT2D eigenvalue weighted by Crippen LogP contribution is 2.04. The highest BCUT2D eigenvalue weighted by molar-refractivity contribution is 4.85. The van der Waals surface area contributed by atoms with Crippen LogP contribution in [0.25, 0.3) is 0 Å². The number of nitrogens with two attached hydrogens (primary N) is 2. The first-order valence-corrected chi connectivity index (χ1v) is 4.20. The second-order valence-corrected chi connectivity index (χ2v) is 3.16. The van der Waals surface area contributed by atoms with E-state index in [2.05, 4.69) is 17.1 Å². The zero-order valence-corrected chi connectivity index (χ0v) is 7.14. The Kier molecular flexibility index (Phi) is 2.84. The van der Waals surface area contributed by atoms with Crippen molar-refractivity contribution >= 4 is 0 Å². The van der Waals surface area contributed by atoms with E-state index in [9.17, 15) is 0 Å². The highest BCUT2D eigenvalue weighted by Gasteiger charge is 2.29. The molecule has 1 aliphatic rings. The predicted molar refractivity (Wildman–Crippen MR) is 45.8 cm³/mol. The molecule has 0 spiro atoms. The summed E-state index contributed by atoms with van der Waals surface area (Å²) in [5, 5.41) is 3.17. The van der Waals surface area contributed by atoms with Gasteiger partial charge in [0.1, 0.15) is 5.79 Å². The van der Waals surface area contributed by atoms with Crippen LogP contribution in [0.5, 0.6) is 0 Å². The Morgan fingerprint density at radius 2 is 2.27 bits per heavy atom. The van der Waals surface area contributed by atoms with Crippen LogP contribution in [-0.4, -0.2) is 36.9 Å². The summed E-state index contributed by atoms with van der Waals surface area (Å²) >= 11 is 0. The molecule has 4 heteroatoms. The van der Waals surface area contributed by atoms with Crippen LogP contribution in [0.4, 0.5) is 0 Å². The average molecular weight is 158 g/mol. The predicted octanol–water partition coefficient (Wildman–Crippen LogP) is -1.13. The maximum Gasteiger partial charge on any atom is 0.133 e. The van der Waals surface area contributed by atoms with E-state index in [4.69, 9.17) is 11.5 Å². The van der Waals surface area contributed by atoms with Crippen LogP contribution in [0.3, 0.4) is 0 Å². The topological polar surface area (TPSA) is 67.3 Å². The monoisotopic (exact) mass is 158 g/mol. The van der Waals surface area contributed by atoms with Crippen molar-refractivity contribution in [3.05, 3.63) is 0 Å². The van der Waals surface area contributed by atoms with E-state index >= 15 is 0 Å². The Bertz CT molecular complexity index is 122. The Balaban J connectivity index is 2.45. The van der Waals surface area contributed by atoms with Gasteiger partial charge >= 0.3 is 0 Å². The minimum Gasteiger partial charge on any atom is -0.311 e. The normalized spacial score (nSPS) is 25.4. The van der Waals surface area contributed by atoms with Gasteiger partial charge in [0.15, 0.2) is 0 Å². The van der Waals surface area contributed by atoms with Crippen molar-refractivity contribution in [1.82, 2.24) is 10.2 Å². The fraction of sp³-hybridized carbons (Fsp3) is 1.00. The maximum absolute atomic E-state index is 5.85. The quantitative estimate of drug-likeness (QED) is 0.445. The smallest absolute Gasteiger partial charge is 0.133 e. The fourth-order valence-electron chi connectivity index (χ4n) is 1.41. The molecule has 1 rings (SSSR count). The van der Waals surface area contributed by atoms with E-state index in [1.165, 1.54) is 0 Å². The third-order valence-corrected chi connectivity index (χ3v) is 2.05. The molecule has 0 unspecified atom stereocenters. The summed E-state index contributed by atoms with van der Waals surface area (Å²) in [4.78, 5) is 2.13. The molecule has 0 atom stereocenters. The molecule has 1 heterocycles. The summed E-state index contributed by atoms with van der Waals surface area (Å²) in [6, 6.07) is 0. The van der Waals surface area contributed by atoms with Gasteiger partial charge in [0.25, 0.3) is 0 Å². The summed E-state index contributed by atoms with van der Waals surface area (Å²) in [6.07, 6.45) is 1.11. The molecular weight excluding hydrogens is 140 g/mol. The number of nitrogens with zero attached hydrogens (tertiary/aromatic N) is 1. The molecule has 0 aromatic heterocycles. The molecule has 0 bridgehead atoms. The van der Waals surface area contributed by atoms with E-state index in [-0.39, 0.29) is 0 Å². The maximum atomic E-state index is 5.85. The van der Waals surface area contributed by atoms with Crippen LogP contribution in [0, 0.1) is 0 Å². The van der Waals surface area contributed by atoms with Gasteiger partial charge in [-0.15, -0.1) is 0 Å². The molecule has 1 fully saturated rings. The van der Waals surface area contributed by atoms with Crippen LogP contribution in [0.1, 0.15) is 13.3 Å². The van der Waals surface area contributed by atoms with E-state index in [0.717, 1.165) is 26.1 Å². The van der Waals surface area contributed by atoms with Gasteiger partial charge in [-0.1, -0.05) is 6.92 Å². The van der Waals surface area contributed by atoms with E-state index in [0.29, 0.717) is 6.54 Å². The summed E-state index contributed by atoms with van der Waals surface area (Å²) in [5.41, 5.74) is 11.7. The average Bonchev–Trinajstić information content (AvgIpc) is 1.94. The molecule has 66 valence electrons. The Hall–Kier alpha value is -0.160. The van der Waals surface area contributed by atoms with Crippen molar-refractivity contribution in [2.24, 2.45) is 11.5 Å². The van der Waals surface area contributed by atoms with Crippen molar-refractivity contribution in [1.29, 1.82) is 0 Å². The number of hydrogen-bond acceptors (Lipinski definition) is 4. The van der Waals surface area contributed by atoms with Gasteiger partial charge in [0.05, 0.1) is 0 Å². The molecule has 0 radical (unpaired) electrons. The Morgan fingerprint density at radius 3 is 2.82 bits per heavy atom. The van der Waals surface area contributed by atoms with E-state index in [1.807, 2.05) is 0 Å². The lowest BCUT2D eigenvalue weighted by Gasteiger charge is -2.41. The SMILES string of the molecule is CCCN1CCNCC1(N)N. The zero-order chi connectivity index (χ0) is 8.32. The fourth-order valence-corrected chi connectivity index (χ4v) is 1.41. The first-order chi connectivity index (χ1) is 5.17. The largest absolute Gasteiger partial charge is 0.311 e. The second-order valence-electron chi connectivity index (χ2n) is 3.16. The zero-order valence-electron chi connectivity index (χ0n) is 7.14. The Morgan fingerprint density at radius 1 is 1.55 bits per heavy atom. The summed E-state index contributed by atoms with van der Waals surface area (Å²) in [6.45, 7) is 5.77. The molecule has 0 aromatic rings. The molecule has 0 aromatic carbocycles. The summed E-state index contributed by atoms with van der Waals surface area (Å²) in [7, 11) is 0. The van der Waals surface area contributed by atoms with Crippen LogP contribution in [0.2, 0.25) is 0 Å². The van der Waals surface area contributed by atoms with Crippen molar-refractivity contribution in [3.63, 3.8) is 0 Å². The molecule has 0 saturated carbocycles. The van der Waals surface area contributed by atoms with Gasteiger partial charge in [-0.2, -0.15) is 0 Å². The highest BCUT2D eigenvalue weighted by atomic mass is 15.4. The molecule has 1 saturated heterocycles. The molecule has 0 aliphatic carbocycles. The summed E-state index contributed by atoms with van der Waals surface area (Å²) < 4.78 is 0. The van der Waals surface area contributed by atoms with Crippen LogP contribution < -0.4 is 16.8 Å². The lowest BCUT2D eigenvalue weighted by Crippen LogP contribution is -2.72. The van der Waals surface area contributed by atoms with Crippen LogP contribution in [-0.2, 0) is 0 Å². The minimum absolute atomic E-state index is 0.631. The summed E-state index contributed by atoms with van der Waals surface area (Å²) in [5.74, 6) is -0.631. The van der Waals surface area contributed by atoms with Gasteiger partial charge < -0.3 is 5.32 Å². The van der Waals surface area contributed by atoms with Gasteiger partial charge in [0.2, 0.25) is 0 Å². The lowest BCUT2D eigenvalue weighted by molar-refractivity contribution is 0.0701. The third kappa shape index (κ3) is 2.13. The number of piperazine rings is 1. The first kappa shape index (κ1) is 8.93. The standard InChI is InChI=1S/C7H18N4/c1-2-4-11-5-3-10-6-7(11,8)9/h10H,2-6,8-9H2,1H3. The van der Waals surface area contributed by atoms with Gasteiger partial charge in [-0.05, 0) is 6.42 Å². The molecule has 5 N–H and O–H groups in total. The number of rotatable bonds is 2. The molecule has 0 amide bonds. The van der Waals surface area contributed by atoms with Crippen LogP contribution >= 0.6 is 0 Å². The van der Waals surface area contributed by atoms with Crippen LogP contribution in [0.15, 0.2) is 0 Å². The Labute approximate surface area is 67.9 Å². The first-order valence-electron chi connectivity index (χ1n) is 4.20. The lowest BCUT2D eigenvalue weighted by atomic mass is 10.2. The van der Waals surface area contributed by atoms with Crippen molar-refractivity contribution in [2.75, 3.05) is 26.2 Å².